The van der Waals surface area contributed by atoms with Gasteiger partial charge in [0, 0.05) is 43.7 Å². The highest BCUT2D eigenvalue weighted by molar-refractivity contribution is 7.98. The lowest BCUT2D eigenvalue weighted by molar-refractivity contribution is 0.624. The van der Waals surface area contributed by atoms with Crippen LogP contribution in [0, 0.1) is 12.7 Å². The van der Waals surface area contributed by atoms with Gasteiger partial charge in [-0.3, -0.25) is 0 Å². The van der Waals surface area contributed by atoms with Gasteiger partial charge in [0.05, 0.1) is 0 Å². The Morgan fingerprint density at radius 2 is 1.68 bits per heavy atom. The molecule has 2 aromatic carbocycles. The van der Waals surface area contributed by atoms with Gasteiger partial charge in [0.1, 0.15) is 23.0 Å². The van der Waals surface area contributed by atoms with Crippen molar-refractivity contribution in [3.05, 3.63) is 77.9 Å². The van der Waals surface area contributed by atoms with Crippen LogP contribution >= 0.6 is 11.8 Å². The molecule has 0 spiro atoms. The molecule has 0 radical (unpaired) electrons. The molecule has 0 amide bonds. The summed E-state index contributed by atoms with van der Waals surface area (Å²) in [6, 6.07) is 17.4. The minimum atomic E-state index is -0.195. The zero-order chi connectivity index (χ0) is 19.3. The predicted molar refractivity (Wildman–Crippen MR) is 114 cm³/mol. The fraction of sp³-hybridized carbons (Fsp3) is 0.273. The summed E-state index contributed by atoms with van der Waals surface area (Å²) in [7, 11) is 0. The number of benzene rings is 2. The number of nitrogens with zero attached hydrogens (tertiary/aromatic N) is 4. The van der Waals surface area contributed by atoms with E-state index < -0.39 is 0 Å². The van der Waals surface area contributed by atoms with E-state index >= 15 is 0 Å². The first-order chi connectivity index (χ1) is 13.7. The molecule has 4 rings (SSSR count). The molecule has 0 unspecified atom stereocenters. The molecule has 3 aromatic rings. The first-order valence-corrected chi connectivity index (χ1v) is 10.4. The van der Waals surface area contributed by atoms with E-state index in [4.69, 9.17) is 0 Å². The number of piperazine rings is 1. The first kappa shape index (κ1) is 18.7. The maximum Gasteiger partial charge on any atom is 0.133 e. The largest absolute Gasteiger partial charge is 0.368 e. The quantitative estimate of drug-likeness (QED) is 0.468. The molecule has 0 atom stereocenters. The Bertz CT molecular complexity index is 924. The summed E-state index contributed by atoms with van der Waals surface area (Å²) in [5.74, 6) is 1.68. The molecule has 1 aromatic heterocycles. The second-order valence-corrected chi connectivity index (χ2v) is 7.94. The molecule has 6 heteroatoms. The average Bonchev–Trinajstić information content (AvgIpc) is 2.73. The number of hydrogen-bond acceptors (Lipinski definition) is 5. The zero-order valence-corrected chi connectivity index (χ0v) is 16.7. The molecule has 1 aliphatic rings. The lowest BCUT2D eigenvalue weighted by atomic mass is 10.2. The molecule has 28 heavy (non-hydrogen) atoms. The third-order valence-electron chi connectivity index (χ3n) is 4.89. The van der Waals surface area contributed by atoms with Crippen molar-refractivity contribution in [3.63, 3.8) is 0 Å². The van der Waals surface area contributed by atoms with Gasteiger partial charge in [-0.1, -0.05) is 29.8 Å². The van der Waals surface area contributed by atoms with E-state index in [1.54, 1.807) is 18.1 Å². The summed E-state index contributed by atoms with van der Waals surface area (Å²) in [4.78, 5) is 13.5. The van der Waals surface area contributed by atoms with E-state index in [-0.39, 0.29) is 5.82 Å². The topological polar surface area (TPSA) is 32.3 Å². The van der Waals surface area contributed by atoms with Gasteiger partial charge in [-0.15, -0.1) is 11.8 Å². The fourth-order valence-electron chi connectivity index (χ4n) is 3.39. The van der Waals surface area contributed by atoms with Crippen molar-refractivity contribution in [2.75, 3.05) is 36.0 Å². The van der Waals surface area contributed by atoms with Gasteiger partial charge in [-0.2, -0.15) is 0 Å². The van der Waals surface area contributed by atoms with E-state index in [1.165, 1.54) is 23.3 Å². The third kappa shape index (κ3) is 4.62. The number of hydrogen-bond donors (Lipinski definition) is 0. The molecule has 1 aliphatic heterocycles. The molecule has 0 bridgehead atoms. The van der Waals surface area contributed by atoms with E-state index in [0.29, 0.717) is 0 Å². The zero-order valence-electron chi connectivity index (χ0n) is 15.9. The van der Waals surface area contributed by atoms with Crippen molar-refractivity contribution in [2.45, 2.75) is 17.7 Å². The lowest BCUT2D eigenvalue weighted by Gasteiger charge is -2.36. The van der Waals surface area contributed by atoms with E-state index in [2.05, 4.69) is 57.0 Å². The lowest BCUT2D eigenvalue weighted by Crippen LogP contribution is -2.46. The van der Waals surface area contributed by atoms with Gasteiger partial charge in [0.15, 0.2) is 0 Å². The van der Waals surface area contributed by atoms with Gasteiger partial charge < -0.3 is 9.80 Å². The molecular weight excluding hydrogens is 371 g/mol. The van der Waals surface area contributed by atoms with Gasteiger partial charge in [0.25, 0.3) is 0 Å². The number of halogens is 1. The molecule has 1 saturated heterocycles. The minimum absolute atomic E-state index is 0.195. The summed E-state index contributed by atoms with van der Waals surface area (Å²) in [6.07, 6.45) is 1.65. The van der Waals surface area contributed by atoms with Crippen LogP contribution in [0.3, 0.4) is 0 Å². The predicted octanol–water partition coefficient (Wildman–Crippen LogP) is 4.54. The Kier molecular flexibility index (Phi) is 5.76. The van der Waals surface area contributed by atoms with Crippen LogP contribution in [0.2, 0.25) is 0 Å². The van der Waals surface area contributed by atoms with Crippen LogP contribution in [0.25, 0.3) is 0 Å². The Balaban J connectivity index is 1.36. The molecule has 0 aliphatic carbocycles. The molecule has 144 valence electrons. The van der Waals surface area contributed by atoms with Crippen molar-refractivity contribution in [3.8, 4) is 0 Å². The Morgan fingerprint density at radius 1 is 0.929 bits per heavy atom. The molecule has 0 N–H and O–H groups in total. The van der Waals surface area contributed by atoms with Crippen LogP contribution in [0.5, 0.6) is 0 Å². The van der Waals surface area contributed by atoms with Crippen LogP contribution in [-0.2, 0) is 5.75 Å². The summed E-state index contributed by atoms with van der Waals surface area (Å²) >= 11 is 1.74. The van der Waals surface area contributed by atoms with E-state index in [9.17, 15) is 4.39 Å². The third-order valence-corrected chi connectivity index (χ3v) is 5.89. The van der Waals surface area contributed by atoms with Gasteiger partial charge in [-0.05, 0) is 36.8 Å². The highest BCUT2D eigenvalue weighted by Crippen LogP contribution is 2.25. The van der Waals surface area contributed by atoms with Crippen molar-refractivity contribution >= 4 is 23.3 Å². The number of aryl methyl sites for hydroxylation is 1. The summed E-state index contributed by atoms with van der Waals surface area (Å²) < 4.78 is 13.1. The van der Waals surface area contributed by atoms with Crippen LogP contribution < -0.4 is 9.80 Å². The molecule has 4 nitrogen and oxygen atoms in total. The Morgan fingerprint density at radius 3 is 2.43 bits per heavy atom. The molecular formula is C22H23FN4S. The van der Waals surface area contributed by atoms with Gasteiger partial charge in [0.2, 0.25) is 0 Å². The van der Waals surface area contributed by atoms with Crippen molar-refractivity contribution in [1.29, 1.82) is 0 Å². The SMILES string of the molecule is Cc1cccc(CSc2cc(N3CCN(c4ccc(F)cc4)CC3)ncn2)c1. The van der Waals surface area contributed by atoms with Gasteiger partial charge >= 0.3 is 0 Å². The maximum atomic E-state index is 13.1. The monoisotopic (exact) mass is 394 g/mol. The maximum absolute atomic E-state index is 13.1. The van der Waals surface area contributed by atoms with E-state index in [1.807, 2.05) is 12.1 Å². The summed E-state index contributed by atoms with van der Waals surface area (Å²) in [6.45, 7) is 5.66. The highest BCUT2D eigenvalue weighted by atomic mass is 32.2. The standard InChI is InChI=1S/C22H23FN4S/c1-17-3-2-4-18(13-17)15-28-22-14-21(24-16-25-22)27-11-9-26(10-12-27)20-7-5-19(23)6-8-20/h2-8,13-14,16H,9-12,15H2,1H3. The second kappa shape index (κ2) is 8.61. The molecule has 0 saturated carbocycles. The first-order valence-electron chi connectivity index (χ1n) is 9.43. The minimum Gasteiger partial charge on any atom is -0.368 e. The smallest absolute Gasteiger partial charge is 0.133 e. The van der Waals surface area contributed by atoms with Crippen LogP contribution in [-0.4, -0.2) is 36.1 Å². The molecule has 1 fully saturated rings. The highest BCUT2D eigenvalue weighted by Gasteiger charge is 2.19. The van der Waals surface area contributed by atoms with Crippen molar-refractivity contribution in [2.24, 2.45) is 0 Å². The van der Waals surface area contributed by atoms with Crippen LogP contribution in [0.4, 0.5) is 15.9 Å². The number of rotatable bonds is 5. The van der Waals surface area contributed by atoms with Crippen LogP contribution in [0.1, 0.15) is 11.1 Å². The normalized spacial score (nSPS) is 14.4. The van der Waals surface area contributed by atoms with Crippen LogP contribution in [0.15, 0.2) is 66.0 Å². The van der Waals surface area contributed by atoms with E-state index in [0.717, 1.165) is 48.5 Å². The number of anilines is 2. The fourth-order valence-corrected chi connectivity index (χ4v) is 4.19. The number of thioether (sulfide) groups is 1. The Hall–Kier alpha value is -2.60. The summed E-state index contributed by atoms with van der Waals surface area (Å²) in [5.41, 5.74) is 3.65. The summed E-state index contributed by atoms with van der Waals surface area (Å²) in [5, 5.41) is 0.993. The molecule has 2 heterocycles. The van der Waals surface area contributed by atoms with Crippen molar-refractivity contribution < 1.29 is 4.39 Å². The average molecular weight is 395 g/mol. The number of aromatic nitrogens is 2. The Labute approximate surface area is 169 Å². The van der Waals surface area contributed by atoms with Crippen molar-refractivity contribution in [1.82, 2.24) is 9.97 Å². The second-order valence-electron chi connectivity index (χ2n) is 6.94. The van der Waals surface area contributed by atoms with Gasteiger partial charge in [-0.25, -0.2) is 14.4 Å².